The van der Waals surface area contributed by atoms with Gasteiger partial charge in [-0.2, -0.15) is 0 Å². The summed E-state index contributed by atoms with van der Waals surface area (Å²) >= 11 is 0. The third-order valence-corrected chi connectivity index (χ3v) is 2.36. The van der Waals surface area contributed by atoms with Crippen molar-refractivity contribution in [3.05, 3.63) is 58.4 Å². The molecule has 1 heterocycles. The Bertz CT molecular complexity index is 628. The molecule has 1 aromatic heterocycles. The van der Waals surface area contributed by atoms with Gasteiger partial charge in [0.05, 0.1) is 4.92 Å². The first kappa shape index (κ1) is 12.5. The van der Waals surface area contributed by atoms with Gasteiger partial charge in [-0.1, -0.05) is 0 Å². The molecule has 0 spiro atoms. The van der Waals surface area contributed by atoms with Crippen molar-refractivity contribution in [1.29, 1.82) is 0 Å². The minimum atomic E-state index is -0.680. The fourth-order valence-electron chi connectivity index (χ4n) is 1.50. The van der Waals surface area contributed by atoms with Crippen LogP contribution >= 0.6 is 0 Å². The van der Waals surface area contributed by atoms with E-state index in [1.807, 2.05) is 0 Å². The zero-order chi connectivity index (χ0) is 13.8. The van der Waals surface area contributed by atoms with Crippen molar-refractivity contribution >= 4 is 17.3 Å². The maximum absolute atomic E-state index is 11.9. The van der Waals surface area contributed by atoms with Crippen LogP contribution in [0.4, 0.5) is 11.4 Å². The van der Waals surface area contributed by atoms with E-state index in [9.17, 15) is 20.0 Å². The molecule has 7 heteroatoms. The predicted molar refractivity (Wildman–Crippen MR) is 67.0 cm³/mol. The van der Waals surface area contributed by atoms with E-state index < -0.39 is 10.8 Å². The molecule has 0 saturated carbocycles. The average Bonchev–Trinajstić information content (AvgIpc) is 2.39. The summed E-state index contributed by atoms with van der Waals surface area (Å²) in [5.74, 6) is -0.890. The lowest BCUT2D eigenvalue weighted by atomic mass is 10.1. The Kier molecular flexibility index (Phi) is 3.37. The molecule has 0 aliphatic heterocycles. The molecule has 0 saturated heterocycles. The maximum Gasteiger partial charge on any atom is 0.282 e. The number of anilines is 1. The van der Waals surface area contributed by atoms with Crippen LogP contribution in [0.3, 0.4) is 0 Å². The molecule has 0 atom stereocenters. The Hall–Kier alpha value is -2.96. The monoisotopic (exact) mass is 259 g/mol. The Morgan fingerprint density at radius 1 is 1.26 bits per heavy atom. The van der Waals surface area contributed by atoms with Crippen LogP contribution in [0.2, 0.25) is 0 Å². The quantitative estimate of drug-likeness (QED) is 0.647. The van der Waals surface area contributed by atoms with Crippen molar-refractivity contribution in [2.75, 3.05) is 5.32 Å². The highest BCUT2D eigenvalue weighted by atomic mass is 16.6. The van der Waals surface area contributed by atoms with Gasteiger partial charge in [0.1, 0.15) is 11.3 Å². The number of nitro benzene ring substituents is 1. The van der Waals surface area contributed by atoms with E-state index in [2.05, 4.69) is 10.3 Å². The Labute approximate surface area is 107 Å². The van der Waals surface area contributed by atoms with Gasteiger partial charge in [0, 0.05) is 24.1 Å². The van der Waals surface area contributed by atoms with Crippen molar-refractivity contribution in [3.8, 4) is 5.75 Å². The normalized spacial score (nSPS) is 9.89. The minimum absolute atomic E-state index is 0.207. The van der Waals surface area contributed by atoms with E-state index in [0.29, 0.717) is 5.69 Å². The third kappa shape index (κ3) is 2.83. The number of amides is 1. The van der Waals surface area contributed by atoms with E-state index in [-0.39, 0.29) is 17.0 Å². The van der Waals surface area contributed by atoms with E-state index in [1.165, 1.54) is 12.4 Å². The second kappa shape index (κ2) is 5.13. The molecular formula is C12H9N3O4. The van der Waals surface area contributed by atoms with Crippen LogP contribution in [-0.4, -0.2) is 20.9 Å². The number of nitro groups is 1. The molecule has 0 bridgehead atoms. The molecule has 0 fully saturated rings. The number of hydrogen-bond donors (Lipinski definition) is 2. The Morgan fingerprint density at radius 2 is 1.95 bits per heavy atom. The zero-order valence-electron chi connectivity index (χ0n) is 9.61. The number of phenols is 1. The van der Waals surface area contributed by atoms with E-state index >= 15 is 0 Å². The Balaban J connectivity index is 2.33. The molecule has 0 radical (unpaired) electrons. The molecule has 96 valence electrons. The van der Waals surface area contributed by atoms with Gasteiger partial charge >= 0.3 is 0 Å². The number of carbonyl (C=O) groups is 1. The van der Waals surface area contributed by atoms with Gasteiger partial charge in [-0.05, 0) is 24.3 Å². The molecular weight excluding hydrogens is 250 g/mol. The first-order valence-corrected chi connectivity index (χ1v) is 5.26. The fourth-order valence-corrected chi connectivity index (χ4v) is 1.50. The minimum Gasteiger partial charge on any atom is -0.508 e. The first-order chi connectivity index (χ1) is 9.08. The van der Waals surface area contributed by atoms with E-state index in [0.717, 1.165) is 18.2 Å². The molecule has 1 aromatic carbocycles. The smallest absolute Gasteiger partial charge is 0.282 e. The number of rotatable bonds is 3. The van der Waals surface area contributed by atoms with Crippen LogP contribution in [0.15, 0.2) is 42.7 Å². The summed E-state index contributed by atoms with van der Waals surface area (Å²) in [6.45, 7) is 0. The fraction of sp³-hybridized carbons (Fsp3) is 0. The van der Waals surface area contributed by atoms with Crippen molar-refractivity contribution in [2.45, 2.75) is 0 Å². The summed E-state index contributed by atoms with van der Waals surface area (Å²) in [5, 5.41) is 22.6. The SMILES string of the molecule is O=C(Nc1ccncc1)c1cc(O)ccc1[N+](=O)[O-]. The number of phenolic OH excluding ortho intramolecular Hbond substituents is 1. The molecule has 2 aromatic rings. The van der Waals surface area contributed by atoms with Crippen LogP contribution in [0, 0.1) is 10.1 Å². The summed E-state index contributed by atoms with van der Waals surface area (Å²) in [7, 11) is 0. The van der Waals surface area contributed by atoms with Gasteiger partial charge in [0.15, 0.2) is 0 Å². The van der Waals surface area contributed by atoms with E-state index in [4.69, 9.17) is 0 Å². The molecule has 7 nitrogen and oxygen atoms in total. The summed E-state index contributed by atoms with van der Waals surface area (Å²) in [4.78, 5) is 25.9. The molecule has 19 heavy (non-hydrogen) atoms. The van der Waals surface area contributed by atoms with Crippen LogP contribution in [-0.2, 0) is 0 Å². The van der Waals surface area contributed by atoms with Gasteiger partial charge in [-0.15, -0.1) is 0 Å². The van der Waals surface area contributed by atoms with Gasteiger partial charge in [0.2, 0.25) is 0 Å². The number of carbonyl (C=O) groups excluding carboxylic acids is 1. The average molecular weight is 259 g/mol. The maximum atomic E-state index is 11.9. The summed E-state index contributed by atoms with van der Waals surface area (Å²) in [6.07, 6.45) is 2.96. The highest BCUT2D eigenvalue weighted by Gasteiger charge is 2.20. The summed E-state index contributed by atoms with van der Waals surface area (Å²) in [5.41, 5.74) is -0.121. The lowest BCUT2D eigenvalue weighted by Crippen LogP contribution is -2.13. The van der Waals surface area contributed by atoms with Crippen molar-refractivity contribution in [1.82, 2.24) is 4.98 Å². The predicted octanol–water partition coefficient (Wildman–Crippen LogP) is 1.95. The molecule has 0 aliphatic carbocycles. The number of hydrogen-bond acceptors (Lipinski definition) is 5. The highest BCUT2D eigenvalue weighted by Crippen LogP contribution is 2.24. The highest BCUT2D eigenvalue weighted by molar-refractivity contribution is 6.07. The summed E-state index contributed by atoms with van der Waals surface area (Å²) in [6, 6.07) is 6.38. The van der Waals surface area contributed by atoms with Crippen molar-refractivity contribution in [3.63, 3.8) is 0 Å². The zero-order valence-corrected chi connectivity index (χ0v) is 9.61. The number of benzene rings is 1. The van der Waals surface area contributed by atoms with Crippen molar-refractivity contribution < 1.29 is 14.8 Å². The van der Waals surface area contributed by atoms with Crippen LogP contribution in [0.25, 0.3) is 0 Å². The number of aromatic hydroxyl groups is 1. The van der Waals surface area contributed by atoms with Crippen LogP contribution < -0.4 is 5.32 Å². The molecule has 0 aliphatic rings. The number of nitrogens with zero attached hydrogens (tertiary/aromatic N) is 2. The molecule has 2 N–H and O–H groups in total. The third-order valence-electron chi connectivity index (χ3n) is 2.36. The summed E-state index contributed by atoms with van der Waals surface area (Å²) < 4.78 is 0. The second-order valence-corrected chi connectivity index (χ2v) is 3.65. The lowest BCUT2D eigenvalue weighted by molar-refractivity contribution is -0.385. The molecule has 2 rings (SSSR count). The molecule has 0 unspecified atom stereocenters. The first-order valence-electron chi connectivity index (χ1n) is 5.26. The van der Waals surface area contributed by atoms with Crippen molar-refractivity contribution in [2.24, 2.45) is 0 Å². The Morgan fingerprint density at radius 3 is 2.58 bits per heavy atom. The van der Waals surface area contributed by atoms with Gasteiger partial charge in [-0.25, -0.2) is 0 Å². The lowest BCUT2D eigenvalue weighted by Gasteiger charge is -2.05. The second-order valence-electron chi connectivity index (χ2n) is 3.65. The largest absolute Gasteiger partial charge is 0.508 e. The topological polar surface area (TPSA) is 105 Å². The van der Waals surface area contributed by atoms with Gasteiger partial charge in [-0.3, -0.25) is 19.9 Å². The number of aromatic nitrogens is 1. The van der Waals surface area contributed by atoms with Gasteiger partial charge in [0.25, 0.3) is 11.6 Å². The number of nitrogens with one attached hydrogen (secondary N) is 1. The van der Waals surface area contributed by atoms with Gasteiger partial charge < -0.3 is 10.4 Å². The standard InChI is InChI=1S/C12H9N3O4/c16-9-1-2-11(15(18)19)10(7-9)12(17)14-8-3-5-13-6-4-8/h1-7,16H,(H,13,14,17). The van der Waals surface area contributed by atoms with Crippen LogP contribution in [0.1, 0.15) is 10.4 Å². The number of pyridine rings is 1. The van der Waals surface area contributed by atoms with Crippen LogP contribution in [0.5, 0.6) is 5.75 Å². The van der Waals surface area contributed by atoms with E-state index in [1.54, 1.807) is 12.1 Å². The molecule has 1 amide bonds.